The maximum Gasteiger partial charge on any atom is 0.317 e. The molecule has 0 N–H and O–H groups in total. The third-order valence-corrected chi connectivity index (χ3v) is 4.25. The minimum absolute atomic E-state index is 0.0834. The zero-order valence-corrected chi connectivity index (χ0v) is 10.3. The predicted octanol–water partition coefficient (Wildman–Crippen LogP) is 2.57. The summed E-state index contributed by atoms with van der Waals surface area (Å²) in [6, 6.07) is 12.4. The third-order valence-electron chi connectivity index (χ3n) is 4.25. The normalized spacial score (nSPS) is 25.1. The Morgan fingerprint density at radius 2 is 1.74 bits per heavy atom. The zero-order chi connectivity index (χ0) is 13.0. The van der Waals surface area contributed by atoms with E-state index in [0.717, 1.165) is 6.42 Å². The monoisotopic (exact) mass is 252 g/mol. The van der Waals surface area contributed by atoms with E-state index in [1.165, 1.54) is 21.9 Å². The second kappa shape index (κ2) is 3.67. The van der Waals surface area contributed by atoms with E-state index >= 15 is 0 Å². The summed E-state index contributed by atoms with van der Waals surface area (Å²) in [6.07, 6.45) is 1.04. The van der Waals surface area contributed by atoms with Crippen LogP contribution < -0.4 is 0 Å². The van der Waals surface area contributed by atoms with Crippen molar-refractivity contribution in [1.29, 1.82) is 0 Å². The molecular weight excluding hydrogens is 240 g/mol. The maximum absolute atomic E-state index is 11.8. The summed E-state index contributed by atoms with van der Waals surface area (Å²) in [6.45, 7) is 0. The highest BCUT2D eigenvalue weighted by atomic mass is 16.6. The van der Waals surface area contributed by atoms with Crippen LogP contribution in [0.4, 0.5) is 0 Å². The van der Waals surface area contributed by atoms with E-state index in [-0.39, 0.29) is 24.2 Å². The molecule has 1 saturated heterocycles. The van der Waals surface area contributed by atoms with Crippen LogP contribution in [0.3, 0.4) is 0 Å². The Kier molecular flexibility index (Phi) is 2.07. The second-order valence-electron chi connectivity index (χ2n) is 5.28. The van der Waals surface area contributed by atoms with Gasteiger partial charge in [-0.3, -0.25) is 9.59 Å². The van der Waals surface area contributed by atoms with Gasteiger partial charge in [0.2, 0.25) is 0 Å². The summed E-state index contributed by atoms with van der Waals surface area (Å²) in [5, 5.41) is 2.46. The lowest BCUT2D eigenvalue weighted by Gasteiger charge is -2.15. The molecule has 2 atom stereocenters. The van der Waals surface area contributed by atoms with Crippen molar-refractivity contribution in [1.82, 2.24) is 0 Å². The molecule has 0 spiro atoms. The van der Waals surface area contributed by atoms with Crippen molar-refractivity contribution in [2.45, 2.75) is 18.8 Å². The highest BCUT2D eigenvalue weighted by molar-refractivity contribution is 5.97. The van der Waals surface area contributed by atoms with Crippen LogP contribution in [0, 0.1) is 5.92 Å². The molecule has 0 aromatic heterocycles. The number of ether oxygens (including phenoxy) is 1. The molecule has 0 bridgehead atoms. The number of carbonyl (C=O) groups excluding carboxylic acids is 2. The second-order valence-corrected chi connectivity index (χ2v) is 5.28. The molecule has 3 nitrogen and oxygen atoms in total. The molecule has 3 heteroatoms. The Bertz CT molecular complexity index is 712. The van der Waals surface area contributed by atoms with Crippen LogP contribution in [0.15, 0.2) is 36.4 Å². The van der Waals surface area contributed by atoms with Crippen LogP contribution >= 0.6 is 0 Å². The van der Waals surface area contributed by atoms with Gasteiger partial charge in [-0.15, -0.1) is 0 Å². The smallest absolute Gasteiger partial charge is 0.317 e. The van der Waals surface area contributed by atoms with E-state index in [4.69, 9.17) is 4.74 Å². The summed E-state index contributed by atoms with van der Waals surface area (Å²) < 4.78 is 4.70. The minimum atomic E-state index is -0.391. The third kappa shape index (κ3) is 1.44. The molecule has 94 valence electrons. The van der Waals surface area contributed by atoms with E-state index in [0.29, 0.717) is 0 Å². The van der Waals surface area contributed by atoms with E-state index in [1.807, 2.05) is 12.1 Å². The van der Waals surface area contributed by atoms with Crippen LogP contribution in [0.1, 0.15) is 23.5 Å². The summed E-state index contributed by atoms with van der Waals surface area (Å²) in [4.78, 5) is 23.1. The topological polar surface area (TPSA) is 43.4 Å². The minimum Gasteiger partial charge on any atom is -0.393 e. The molecule has 2 aliphatic rings. The molecule has 0 unspecified atom stereocenters. The van der Waals surface area contributed by atoms with Gasteiger partial charge in [-0.1, -0.05) is 36.4 Å². The first-order valence-corrected chi connectivity index (χ1v) is 6.49. The number of carbonyl (C=O) groups is 2. The van der Waals surface area contributed by atoms with Gasteiger partial charge < -0.3 is 4.74 Å². The fourth-order valence-electron chi connectivity index (χ4n) is 3.43. The van der Waals surface area contributed by atoms with Crippen molar-refractivity contribution >= 4 is 22.7 Å². The number of rotatable bonds is 1. The average molecular weight is 252 g/mol. The standard InChI is InChI=1S/C16H12O3/c17-14-8-13(16(18)19-14)12-7-10-5-1-3-9-4-2-6-11(12)15(9)10/h1-6,12-13H,7-8H2/t12-,13+/m1/s1. The number of esters is 2. The Hall–Kier alpha value is -2.16. The van der Waals surface area contributed by atoms with Crippen LogP contribution in [-0.2, 0) is 20.7 Å². The number of benzene rings is 2. The highest BCUT2D eigenvalue weighted by Crippen LogP contribution is 2.44. The Morgan fingerprint density at radius 3 is 2.47 bits per heavy atom. The fourth-order valence-corrected chi connectivity index (χ4v) is 3.43. The van der Waals surface area contributed by atoms with Gasteiger partial charge in [-0.05, 0) is 28.3 Å². The number of hydrogen-bond acceptors (Lipinski definition) is 3. The van der Waals surface area contributed by atoms with Crippen molar-refractivity contribution in [3.63, 3.8) is 0 Å². The van der Waals surface area contributed by atoms with Crippen LogP contribution in [0.2, 0.25) is 0 Å². The number of hydrogen-bond donors (Lipinski definition) is 0. The lowest BCUT2D eigenvalue weighted by Crippen LogP contribution is -2.17. The Balaban J connectivity index is 1.86. The van der Waals surface area contributed by atoms with Crippen molar-refractivity contribution in [2.75, 3.05) is 0 Å². The van der Waals surface area contributed by atoms with Crippen LogP contribution in [0.25, 0.3) is 10.8 Å². The summed E-state index contributed by atoms with van der Waals surface area (Å²) in [5.74, 6) is -0.983. The van der Waals surface area contributed by atoms with Gasteiger partial charge in [0.05, 0.1) is 12.3 Å². The molecule has 1 aliphatic carbocycles. The SMILES string of the molecule is O=C1C[C@@H]([C@@H]2Cc3cccc4cccc2c34)C(=O)O1. The molecule has 2 aromatic rings. The van der Waals surface area contributed by atoms with Crippen LogP contribution in [-0.4, -0.2) is 11.9 Å². The molecule has 1 aliphatic heterocycles. The van der Waals surface area contributed by atoms with E-state index in [1.54, 1.807) is 0 Å². The molecule has 0 amide bonds. The van der Waals surface area contributed by atoms with E-state index < -0.39 is 5.97 Å². The molecule has 1 heterocycles. The summed E-state index contributed by atoms with van der Waals surface area (Å²) in [7, 11) is 0. The maximum atomic E-state index is 11.8. The lowest BCUT2D eigenvalue weighted by atomic mass is 9.85. The van der Waals surface area contributed by atoms with E-state index in [9.17, 15) is 9.59 Å². The van der Waals surface area contributed by atoms with Gasteiger partial charge in [-0.25, -0.2) is 0 Å². The molecule has 0 saturated carbocycles. The van der Waals surface area contributed by atoms with Crippen LogP contribution in [0.5, 0.6) is 0 Å². The summed E-state index contributed by atoms with van der Waals surface area (Å²) >= 11 is 0. The Morgan fingerprint density at radius 1 is 0.947 bits per heavy atom. The van der Waals surface area contributed by atoms with Crippen molar-refractivity contribution in [3.05, 3.63) is 47.5 Å². The summed E-state index contributed by atoms with van der Waals surface area (Å²) in [5.41, 5.74) is 2.45. The largest absolute Gasteiger partial charge is 0.393 e. The molecule has 19 heavy (non-hydrogen) atoms. The van der Waals surface area contributed by atoms with Gasteiger partial charge in [0.15, 0.2) is 0 Å². The first kappa shape index (κ1) is 10.7. The lowest BCUT2D eigenvalue weighted by molar-refractivity contribution is -0.153. The zero-order valence-electron chi connectivity index (χ0n) is 10.3. The molecular formula is C16H12O3. The van der Waals surface area contributed by atoms with Gasteiger partial charge in [0.25, 0.3) is 0 Å². The van der Waals surface area contributed by atoms with Crippen molar-refractivity contribution < 1.29 is 14.3 Å². The van der Waals surface area contributed by atoms with Crippen molar-refractivity contribution in [2.24, 2.45) is 5.92 Å². The quantitative estimate of drug-likeness (QED) is 0.578. The molecule has 0 radical (unpaired) electrons. The van der Waals surface area contributed by atoms with Gasteiger partial charge in [0.1, 0.15) is 0 Å². The predicted molar refractivity (Wildman–Crippen MR) is 69.6 cm³/mol. The number of cyclic esters (lactones) is 2. The molecule has 4 rings (SSSR count). The molecule has 1 fully saturated rings. The van der Waals surface area contributed by atoms with Gasteiger partial charge in [0, 0.05) is 5.92 Å². The average Bonchev–Trinajstić information content (AvgIpc) is 2.93. The van der Waals surface area contributed by atoms with E-state index in [2.05, 4.69) is 24.3 Å². The molecule has 2 aromatic carbocycles. The fraction of sp³-hybridized carbons (Fsp3) is 0.250. The Labute approximate surface area is 110 Å². The van der Waals surface area contributed by atoms with Crippen molar-refractivity contribution in [3.8, 4) is 0 Å². The highest BCUT2D eigenvalue weighted by Gasteiger charge is 2.42. The first-order chi connectivity index (χ1) is 9.24. The van der Waals surface area contributed by atoms with Gasteiger partial charge >= 0.3 is 11.9 Å². The van der Waals surface area contributed by atoms with Gasteiger partial charge in [-0.2, -0.15) is 0 Å². The first-order valence-electron chi connectivity index (χ1n) is 6.49.